The lowest BCUT2D eigenvalue weighted by molar-refractivity contribution is -0.152. The first-order chi connectivity index (χ1) is 17.1. The number of aliphatic hydroxyl groups is 1. The molecule has 0 saturated carbocycles. The van der Waals surface area contributed by atoms with Crippen molar-refractivity contribution in [1.29, 1.82) is 0 Å². The van der Waals surface area contributed by atoms with E-state index in [1.807, 2.05) is 6.07 Å². The van der Waals surface area contributed by atoms with Gasteiger partial charge in [-0.15, -0.1) is 0 Å². The molecule has 0 aromatic heterocycles. The Morgan fingerprint density at radius 1 is 1.11 bits per heavy atom. The van der Waals surface area contributed by atoms with Gasteiger partial charge in [-0.1, -0.05) is 35.3 Å². The summed E-state index contributed by atoms with van der Waals surface area (Å²) in [5.74, 6) is -0.290. The van der Waals surface area contributed by atoms with Gasteiger partial charge in [-0.2, -0.15) is 13.5 Å². The molecule has 2 aromatic carbocycles. The summed E-state index contributed by atoms with van der Waals surface area (Å²) in [6.07, 6.45) is 2.57. The summed E-state index contributed by atoms with van der Waals surface area (Å²) in [5.41, 5.74) is 1.51. The summed E-state index contributed by atoms with van der Waals surface area (Å²) in [5, 5.41) is 15.5. The Kier molecular flexibility index (Phi) is 8.36. The van der Waals surface area contributed by atoms with Gasteiger partial charge in [-0.05, 0) is 61.6 Å². The Morgan fingerprint density at radius 3 is 2.49 bits per heavy atom. The van der Waals surface area contributed by atoms with Crippen molar-refractivity contribution in [2.75, 3.05) is 45.1 Å². The summed E-state index contributed by atoms with van der Waals surface area (Å²) in [7, 11) is 1.80. The van der Waals surface area contributed by atoms with Gasteiger partial charge in [0.1, 0.15) is 0 Å². The van der Waals surface area contributed by atoms with Crippen LogP contribution in [0.1, 0.15) is 41.3 Å². The Morgan fingerprint density at radius 2 is 1.81 bits per heavy atom. The Hall–Kier alpha value is -1.97. The number of likely N-dealkylation sites (tertiary alicyclic amines) is 2. The number of benzene rings is 2. The van der Waals surface area contributed by atoms with Crippen LogP contribution in [0, 0.1) is 0 Å². The predicted octanol–water partition coefficient (Wildman–Crippen LogP) is 3.73. The zero-order chi connectivity index (χ0) is 25.6. The predicted molar refractivity (Wildman–Crippen MR) is 152 cm³/mol. The molecule has 2 fully saturated rings. The van der Waals surface area contributed by atoms with Crippen LogP contribution >= 0.6 is 36.7 Å². The number of carbonyl (C=O) groups is 2. The van der Waals surface area contributed by atoms with E-state index in [1.165, 1.54) is 0 Å². The number of piperidine rings is 1. The monoisotopic (exact) mass is 564 g/mol. The van der Waals surface area contributed by atoms with Crippen LogP contribution in [0.4, 0.5) is 5.69 Å². The fourth-order valence-corrected chi connectivity index (χ4v) is 6.07. The molecule has 1 atom stereocenters. The summed E-state index contributed by atoms with van der Waals surface area (Å²) >= 11 is 12.5. The molecule has 37 heavy (non-hydrogen) atoms. The van der Waals surface area contributed by atoms with E-state index >= 15 is 0 Å². The van der Waals surface area contributed by atoms with Gasteiger partial charge in [0.05, 0.1) is 16.6 Å². The summed E-state index contributed by atoms with van der Waals surface area (Å²) in [6.45, 7) is 5.35. The van der Waals surface area contributed by atoms with Gasteiger partial charge >= 0.3 is 0 Å². The first kappa shape index (κ1) is 28.0. The van der Waals surface area contributed by atoms with Gasteiger partial charge in [0.15, 0.2) is 5.60 Å². The number of amides is 2. The van der Waals surface area contributed by atoms with Crippen molar-refractivity contribution < 1.29 is 14.7 Å². The Labute approximate surface area is 235 Å². The van der Waals surface area contributed by atoms with Gasteiger partial charge in [0.2, 0.25) is 0 Å². The van der Waals surface area contributed by atoms with E-state index in [0.717, 1.165) is 43.6 Å². The van der Waals surface area contributed by atoms with E-state index in [1.54, 1.807) is 48.0 Å². The van der Waals surface area contributed by atoms with Gasteiger partial charge < -0.3 is 20.2 Å². The molecule has 3 heterocycles. The lowest BCUT2D eigenvalue weighted by Crippen LogP contribution is -2.61. The molecule has 0 bridgehead atoms. The number of fused-ring (bicyclic) bond motifs is 1. The zero-order valence-electron chi connectivity index (χ0n) is 21.1. The molecule has 0 aliphatic carbocycles. The smallest absolute Gasteiger partial charge is 0.258 e. The molecule has 7 nitrogen and oxygen atoms in total. The highest BCUT2D eigenvalue weighted by atomic mass is 35.5. The summed E-state index contributed by atoms with van der Waals surface area (Å²) in [4.78, 5) is 31.4. The van der Waals surface area contributed by atoms with Gasteiger partial charge in [0.25, 0.3) is 11.8 Å². The molecular weight excluding hydrogens is 531 g/mol. The van der Waals surface area contributed by atoms with Gasteiger partial charge in [-0.25, -0.2) is 0 Å². The second-order valence-electron chi connectivity index (χ2n) is 10.4. The second-order valence-corrected chi connectivity index (χ2v) is 11.2. The van der Waals surface area contributed by atoms with E-state index in [9.17, 15) is 14.7 Å². The maximum absolute atomic E-state index is 13.1. The number of nitrogens with zero attached hydrogens (tertiary/aromatic N) is 3. The van der Waals surface area contributed by atoms with Crippen molar-refractivity contribution in [3.05, 3.63) is 63.1 Å². The van der Waals surface area contributed by atoms with Crippen molar-refractivity contribution in [2.45, 2.75) is 43.9 Å². The minimum Gasteiger partial charge on any atom is -0.380 e. The minimum absolute atomic E-state index is 0. The van der Waals surface area contributed by atoms with Crippen molar-refractivity contribution in [3.8, 4) is 0 Å². The fourth-order valence-electron chi connectivity index (χ4n) is 5.56. The average molecular weight is 566 g/mol. The molecular formula is C27H34Cl2N4O3S. The molecule has 0 radical (unpaired) electrons. The van der Waals surface area contributed by atoms with Crippen LogP contribution in [0.15, 0.2) is 36.4 Å². The molecule has 5 rings (SSSR count). The molecule has 2 N–H and O–H groups in total. The van der Waals surface area contributed by atoms with Crippen LogP contribution in [0.2, 0.25) is 10.0 Å². The molecule has 10 heteroatoms. The van der Waals surface area contributed by atoms with E-state index in [0.29, 0.717) is 52.9 Å². The van der Waals surface area contributed by atoms with E-state index < -0.39 is 5.60 Å². The number of anilines is 1. The Bertz CT molecular complexity index is 1180. The molecule has 0 spiro atoms. The van der Waals surface area contributed by atoms with E-state index in [2.05, 4.69) is 16.3 Å². The highest BCUT2D eigenvalue weighted by Crippen LogP contribution is 2.32. The molecule has 200 valence electrons. The molecule has 2 saturated heterocycles. The van der Waals surface area contributed by atoms with Gasteiger partial charge in [0, 0.05) is 56.5 Å². The zero-order valence-corrected chi connectivity index (χ0v) is 23.6. The molecule has 3 aliphatic rings. The lowest BCUT2D eigenvalue weighted by Gasteiger charge is -2.48. The third-order valence-corrected chi connectivity index (χ3v) is 8.33. The highest BCUT2D eigenvalue weighted by molar-refractivity contribution is 7.59. The van der Waals surface area contributed by atoms with Crippen LogP contribution in [0.25, 0.3) is 0 Å². The highest BCUT2D eigenvalue weighted by Gasteiger charge is 2.40. The summed E-state index contributed by atoms with van der Waals surface area (Å²) < 4.78 is 0. The largest absolute Gasteiger partial charge is 0.380 e. The van der Waals surface area contributed by atoms with Crippen molar-refractivity contribution in [2.24, 2.45) is 0 Å². The Balaban J connectivity index is 0.00000320. The number of hydrogen-bond donors (Lipinski definition) is 2. The number of carbonyl (C=O) groups excluding carboxylic acids is 2. The van der Waals surface area contributed by atoms with Crippen LogP contribution in [0.3, 0.4) is 0 Å². The number of likely N-dealkylation sites (N-methyl/N-ethyl adjacent to an activating group) is 1. The quantitative estimate of drug-likeness (QED) is 0.578. The fraction of sp³-hybridized carbons (Fsp3) is 0.481. The normalized spacial score (nSPS) is 20.5. The number of halogens is 2. The van der Waals surface area contributed by atoms with Crippen LogP contribution < -0.4 is 5.32 Å². The standard InChI is InChI=1S/C27H32Cl2N4O3.H2S/c1-27(36,18-4-3-5-19(28)13-18)26(35)32-10-7-22(8-11-32)33-15-21(16-33)30-20-12-17-6-9-31(2)25(34)24(17)23(29)14-20;/h3-5,12-14,21-22,30,36H,6-11,15-16H2,1-2H3;1H2/t27-;/m0./s1. The van der Waals surface area contributed by atoms with Crippen molar-refractivity contribution in [1.82, 2.24) is 14.7 Å². The average Bonchev–Trinajstić information content (AvgIpc) is 2.83. The first-order valence-electron chi connectivity index (χ1n) is 12.5. The van der Waals surface area contributed by atoms with E-state index in [-0.39, 0.29) is 25.3 Å². The third kappa shape index (κ3) is 5.59. The van der Waals surface area contributed by atoms with Crippen LogP contribution in [-0.2, 0) is 16.8 Å². The third-order valence-electron chi connectivity index (χ3n) is 7.80. The maximum atomic E-state index is 13.1. The van der Waals surface area contributed by atoms with Crippen molar-refractivity contribution in [3.63, 3.8) is 0 Å². The molecule has 2 amide bonds. The van der Waals surface area contributed by atoms with Crippen molar-refractivity contribution >= 4 is 54.2 Å². The number of rotatable bonds is 5. The second kappa shape index (κ2) is 11.0. The van der Waals surface area contributed by atoms with E-state index in [4.69, 9.17) is 23.2 Å². The maximum Gasteiger partial charge on any atom is 0.258 e. The molecule has 2 aromatic rings. The minimum atomic E-state index is -1.60. The van der Waals surface area contributed by atoms with Crippen LogP contribution in [-0.4, -0.2) is 83.5 Å². The first-order valence-corrected chi connectivity index (χ1v) is 13.3. The lowest BCUT2D eigenvalue weighted by atomic mass is 9.92. The van der Waals surface area contributed by atoms with Gasteiger partial charge in [-0.3, -0.25) is 14.5 Å². The van der Waals surface area contributed by atoms with Crippen LogP contribution in [0.5, 0.6) is 0 Å². The molecule has 3 aliphatic heterocycles. The molecule has 0 unspecified atom stereocenters. The number of nitrogens with one attached hydrogen (secondary N) is 1. The topological polar surface area (TPSA) is 76.1 Å². The summed E-state index contributed by atoms with van der Waals surface area (Å²) in [6, 6.07) is 11.5. The number of hydrogen-bond acceptors (Lipinski definition) is 5. The SMILES string of the molecule is CN1CCc2cc(NC3CN(C4CCN(C(=O)[C@@](C)(O)c5cccc(Cl)c5)CC4)C3)cc(Cl)c2C1=O.S.